The number of aryl methyl sites for hydroxylation is 1. The van der Waals surface area contributed by atoms with Crippen LogP contribution in [-0.2, 0) is 11.2 Å². The molecule has 0 bridgehead atoms. The highest BCUT2D eigenvalue weighted by molar-refractivity contribution is 6.10. The van der Waals surface area contributed by atoms with E-state index in [1.807, 2.05) is 12.1 Å². The molecule has 0 aromatic heterocycles. The van der Waals surface area contributed by atoms with E-state index in [-0.39, 0.29) is 28.3 Å². The van der Waals surface area contributed by atoms with E-state index in [9.17, 15) is 20.2 Å². The smallest absolute Gasteiger partial charge is 0.280 e. The zero-order chi connectivity index (χ0) is 22.1. The number of carbonyl (C=O) groups is 1. The van der Waals surface area contributed by atoms with Gasteiger partial charge >= 0.3 is 0 Å². The average molecular weight is 409 g/mol. The molecule has 0 spiro atoms. The van der Waals surface area contributed by atoms with Crippen LogP contribution in [0.25, 0.3) is 6.08 Å². The van der Waals surface area contributed by atoms with E-state index in [2.05, 4.69) is 12.2 Å². The summed E-state index contributed by atoms with van der Waals surface area (Å²) in [5.74, 6) is -0.245. The number of carbonyl (C=O) groups excluding carboxylic acids is 1. The molecule has 0 aliphatic carbocycles. The zero-order valence-corrected chi connectivity index (χ0v) is 17.1. The minimum Gasteiger partial charge on any atom is -0.493 e. The first-order valence-corrected chi connectivity index (χ1v) is 9.36. The van der Waals surface area contributed by atoms with Crippen molar-refractivity contribution in [3.05, 3.63) is 63.2 Å². The number of ether oxygens (including phenoxy) is 2. The van der Waals surface area contributed by atoms with Crippen LogP contribution in [0, 0.1) is 21.4 Å². The van der Waals surface area contributed by atoms with Crippen LogP contribution < -0.4 is 14.8 Å². The first-order chi connectivity index (χ1) is 14.4. The third-order valence-electron chi connectivity index (χ3n) is 4.43. The van der Waals surface area contributed by atoms with Crippen molar-refractivity contribution in [3.63, 3.8) is 0 Å². The lowest BCUT2D eigenvalue weighted by molar-refractivity contribution is -0.385. The number of nitro benzene ring substituents is 1. The van der Waals surface area contributed by atoms with Crippen molar-refractivity contribution in [3.8, 4) is 17.6 Å². The quantitative estimate of drug-likeness (QED) is 0.282. The van der Waals surface area contributed by atoms with Gasteiger partial charge in [0.05, 0.1) is 30.8 Å². The van der Waals surface area contributed by atoms with Gasteiger partial charge in [0, 0.05) is 5.69 Å². The molecule has 0 radical (unpaired) electrons. The number of nitro groups is 1. The average Bonchev–Trinajstić information content (AvgIpc) is 2.76. The molecule has 8 nitrogen and oxygen atoms in total. The summed E-state index contributed by atoms with van der Waals surface area (Å²) in [5, 5.41) is 23.5. The summed E-state index contributed by atoms with van der Waals surface area (Å²) in [6.45, 7) is 2.12. The van der Waals surface area contributed by atoms with Crippen LogP contribution in [0.2, 0.25) is 0 Å². The van der Waals surface area contributed by atoms with Crippen molar-refractivity contribution in [2.75, 3.05) is 19.5 Å². The van der Waals surface area contributed by atoms with E-state index in [0.717, 1.165) is 30.9 Å². The fourth-order valence-electron chi connectivity index (χ4n) is 2.80. The Balaban J connectivity index is 2.31. The highest BCUT2D eigenvalue weighted by Crippen LogP contribution is 2.35. The molecular formula is C22H23N3O5. The standard InChI is InChI=1S/C22H23N3O5/c1-4-5-6-15-7-9-18(10-8-15)24-22(26)17(14-23)11-16-12-20(29-2)21(30-3)13-19(16)25(27)28/h7-13H,4-6H2,1-3H3,(H,24,26)/b17-11+. The van der Waals surface area contributed by atoms with Gasteiger partial charge in [-0.1, -0.05) is 25.5 Å². The Kier molecular flexibility index (Phi) is 7.94. The summed E-state index contributed by atoms with van der Waals surface area (Å²) in [7, 11) is 2.75. The molecule has 0 saturated heterocycles. The van der Waals surface area contributed by atoms with Crippen LogP contribution in [-0.4, -0.2) is 25.1 Å². The number of nitrogens with one attached hydrogen (secondary N) is 1. The SMILES string of the molecule is CCCCc1ccc(NC(=O)/C(C#N)=C/c2cc(OC)c(OC)cc2[N+](=O)[O-])cc1. The molecule has 2 aromatic rings. The number of anilines is 1. The van der Waals surface area contributed by atoms with Gasteiger partial charge in [-0.2, -0.15) is 5.26 Å². The molecule has 8 heteroatoms. The summed E-state index contributed by atoms with van der Waals surface area (Å²) in [4.78, 5) is 23.3. The molecule has 2 aromatic carbocycles. The number of rotatable bonds is 9. The van der Waals surface area contributed by atoms with Crippen LogP contribution in [0.4, 0.5) is 11.4 Å². The van der Waals surface area contributed by atoms with Gasteiger partial charge in [-0.05, 0) is 42.7 Å². The second-order valence-corrected chi connectivity index (χ2v) is 6.45. The molecule has 0 atom stereocenters. The zero-order valence-electron chi connectivity index (χ0n) is 17.1. The van der Waals surface area contributed by atoms with E-state index in [0.29, 0.717) is 5.69 Å². The maximum atomic E-state index is 12.5. The summed E-state index contributed by atoms with van der Waals surface area (Å²) in [6.07, 6.45) is 4.29. The second-order valence-electron chi connectivity index (χ2n) is 6.45. The molecule has 30 heavy (non-hydrogen) atoms. The molecule has 1 N–H and O–H groups in total. The van der Waals surface area contributed by atoms with Crippen LogP contribution in [0.5, 0.6) is 11.5 Å². The molecular weight excluding hydrogens is 386 g/mol. The van der Waals surface area contributed by atoms with Crippen LogP contribution in [0.15, 0.2) is 42.0 Å². The molecule has 0 heterocycles. The maximum absolute atomic E-state index is 12.5. The topological polar surface area (TPSA) is 114 Å². The Labute approximate surface area is 174 Å². The van der Waals surface area contributed by atoms with E-state index < -0.39 is 10.8 Å². The summed E-state index contributed by atoms with van der Waals surface area (Å²) < 4.78 is 10.2. The Morgan fingerprint density at radius 1 is 1.20 bits per heavy atom. The monoisotopic (exact) mass is 409 g/mol. The fraction of sp³-hybridized carbons (Fsp3) is 0.273. The molecule has 156 valence electrons. The third-order valence-corrected chi connectivity index (χ3v) is 4.43. The van der Waals surface area contributed by atoms with Crippen LogP contribution in [0.1, 0.15) is 30.9 Å². The first kappa shape index (κ1) is 22.4. The lowest BCUT2D eigenvalue weighted by Gasteiger charge is -2.09. The minimum atomic E-state index is -0.664. The molecule has 0 aliphatic heterocycles. The van der Waals surface area contributed by atoms with Crippen LogP contribution in [0.3, 0.4) is 0 Å². The Morgan fingerprint density at radius 3 is 2.37 bits per heavy atom. The van der Waals surface area contributed by atoms with Crippen molar-refractivity contribution in [2.24, 2.45) is 0 Å². The lowest BCUT2D eigenvalue weighted by atomic mass is 10.1. The molecule has 2 rings (SSSR count). The fourth-order valence-corrected chi connectivity index (χ4v) is 2.80. The van der Waals surface area contributed by atoms with Gasteiger partial charge in [-0.3, -0.25) is 14.9 Å². The van der Waals surface area contributed by atoms with E-state index in [1.54, 1.807) is 18.2 Å². The summed E-state index contributed by atoms with van der Waals surface area (Å²) in [5.41, 5.74) is 1.16. The van der Waals surface area contributed by atoms with Gasteiger partial charge in [0.15, 0.2) is 11.5 Å². The number of amides is 1. The first-order valence-electron chi connectivity index (χ1n) is 9.36. The van der Waals surface area contributed by atoms with Crippen LogP contribution >= 0.6 is 0 Å². The number of nitrogens with zero attached hydrogens (tertiary/aromatic N) is 2. The van der Waals surface area contributed by atoms with Crippen molar-refractivity contribution < 1.29 is 19.2 Å². The summed E-state index contributed by atoms with van der Waals surface area (Å²) in [6, 6.07) is 11.7. The Bertz CT molecular complexity index is 991. The largest absolute Gasteiger partial charge is 0.493 e. The highest BCUT2D eigenvalue weighted by atomic mass is 16.6. The van der Waals surface area contributed by atoms with Gasteiger partial charge in [0.25, 0.3) is 11.6 Å². The number of hydrogen-bond acceptors (Lipinski definition) is 6. The second kappa shape index (κ2) is 10.6. The predicted octanol–water partition coefficient (Wildman–Crippen LogP) is 4.50. The third kappa shape index (κ3) is 5.58. The van der Waals surface area contributed by atoms with Crippen molar-refractivity contribution in [2.45, 2.75) is 26.2 Å². The van der Waals surface area contributed by atoms with Crippen molar-refractivity contribution in [1.82, 2.24) is 0 Å². The lowest BCUT2D eigenvalue weighted by Crippen LogP contribution is -2.13. The number of methoxy groups -OCH3 is 2. The molecule has 1 amide bonds. The van der Waals surface area contributed by atoms with E-state index >= 15 is 0 Å². The summed E-state index contributed by atoms with van der Waals surface area (Å²) >= 11 is 0. The van der Waals surface area contributed by atoms with Gasteiger partial charge < -0.3 is 14.8 Å². The normalized spacial score (nSPS) is 10.8. The Hall–Kier alpha value is -3.86. The van der Waals surface area contributed by atoms with Gasteiger partial charge in [0.2, 0.25) is 0 Å². The van der Waals surface area contributed by atoms with Gasteiger partial charge in [-0.25, -0.2) is 0 Å². The van der Waals surface area contributed by atoms with Crippen molar-refractivity contribution in [1.29, 1.82) is 5.26 Å². The molecule has 0 fully saturated rings. The van der Waals surface area contributed by atoms with Gasteiger partial charge in [-0.15, -0.1) is 0 Å². The highest BCUT2D eigenvalue weighted by Gasteiger charge is 2.20. The molecule has 0 aliphatic rings. The minimum absolute atomic E-state index is 0.0549. The Morgan fingerprint density at radius 2 is 1.83 bits per heavy atom. The van der Waals surface area contributed by atoms with Gasteiger partial charge in [0.1, 0.15) is 11.6 Å². The maximum Gasteiger partial charge on any atom is 0.280 e. The van der Waals surface area contributed by atoms with E-state index in [1.165, 1.54) is 26.4 Å². The number of nitriles is 1. The number of hydrogen-bond donors (Lipinski definition) is 1. The predicted molar refractivity (Wildman–Crippen MR) is 113 cm³/mol. The molecule has 0 saturated carbocycles. The van der Waals surface area contributed by atoms with Crippen molar-refractivity contribution >= 4 is 23.4 Å². The van der Waals surface area contributed by atoms with E-state index in [4.69, 9.17) is 9.47 Å². The number of benzene rings is 2. The molecule has 0 unspecified atom stereocenters. The number of unbranched alkanes of at least 4 members (excludes halogenated alkanes) is 1.